The van der Waals surface area contributed by atoms with Crippen LogP contribution in [0, 0.1) is 13.8 Å². The molecule has 0 aliphatic rings. The second kappa shape index (κ2) is 10.8. The van der Waals surface area contributed by atoms with Gasteiger partial charge < -0.3 is 0 Å². The molecule has 0 fully saturated rings. The van der Waals surface area contributed by atoms with Crippen LogP contribution in [0.3, 0.4) is 0 Å². The Morgan fingerprint density at radius 1 is 1.03 bits per heavy atom. The number of nitrogens with one attached hydrogen (secondary N) is 1. The van der Waals surface area contributed by atoms with Crippen molar-refractivity contribution in [3.63, 3.8) is 0 Å². The molecule has 0 atom stereocenters. The minimum absolute atomic E-state index is 0.0799. The predicted molar refractivity (Wildman–Crippen MR) is 138 cm³/mol. The molecule has 8 heteroatoms. The zero-order valence-electron chi connectivity index (χ0n) is 19.6. The molecule has 34 heavy (non-hydrogen) atoms. The van der Waals surface area contributed by atoms with Gasteiger partial charge in [-0.25, -0.2) is 13.8 Å². The van der Waals surface area contributed by atoms with Crippen molar-refractivity contribution in [3.8, 4) is 0 Å². The molecule has 0 aliphatic heterocycles. The summed E-state index contributed by atoms with van der Waals surface area (Å²) in [6.45, 7) is 7.46. The predicted octanol–water partition coefficient (Wildman–Crippen LogP) is 5.43. The maximum atomic E-state index is 13.4. The first-order valence-corrected chi connectivity index (χ1v) is 12.7. The lowest BCUT2D eigenvalue weighted by Crippen LogP contribution is -2.39. The molecule has 0 radical (unpaired) electrons. The Labute approximate surface area is 206 Å². The van der Waals surface area contributed by atoms with Crippen LogP contribution in [-0.4, -0.2) is 27.1 Å². The third-order valence-corrected chi connectivity index (χ3v) is 7.54. The van der Waals surface area contributed by atoms with Crippen LogP contribution in [0.4, 0.5) is 5.69 Å². The summed E-state index contributed by atoms with van der Waals surface area (Å²) >= 11 is 6.25. The van der Waals surface area contributed by atoms with E-state index in [0.717, 1.165) is 21.0 Å². The van der Waals surface area contributed by atoms with Crippen molar-refractivity contribution in [2.24, 2.45) is 5.10 Å². The summed E-state index contributed by atoms with van der Waals surface area (Å²) in [4.78, 5) is 12.8. The quantitative estimate of drug-likeness (QED) is 0.333. The Balaban J connectivity index is 1.82. The zero-order valence-corrected chi connectivity index (χ0v) is 21.2. The Hall–Kier alpha value is -3.16. The van der Waals surface area contributed by atoms with Crippen molar-refractivity contribution < 1.29 is 13.2 Å². The number of sulfonamides is 1. The number of aryl methyl sites for hydroxylation is 2. The third kappa shape index (κ3) is 6.24. The van der Waals surface area contributed by atoms with Gasteiger partial charge in [-0.1, -0.05) is 73.5 Å². The van der Waals surface area contributed by atoms with E-state index < -0.39 is 22.5 Å². The first-order chi connectivity index (χ1) is 16.1. The van der Waals surface area contributed by atoms with E-state index in [9.17, 15) is 13.2 Å². The molecule has 0 aromatic heterocycles. The van der Waals surface area contributed by atoms with E-state index in [1.165, 1.54) is 30.0 Å². The maximum absolute atomic E-state index is 13.4. The van der Waals surface area contributed by atoms with Gasteiger partial charge in [0.15, 0.2) is 0 Å². The number of carbonyl (C=O) groups is 1. The molecule has 0 bridgehead atoms. The van der Waals surface area contributed by atoms with Gasteiger partial charge in [-0.15, -0.1) is 0 Å². The van der Waals surface area contributed by atoms with Gasteiger partial charge in [-0.2, -0.15) is 5.10 Å². The molecule has 0 spiro atoms. The summed E-state index contributed by atoms with van der Waals surface area (Å²) in [7, 11) is -4.02. The van der Waals surface area contributed by atoms with E-state index in [1.54, 1.807) is 24.3 Å². The molecule has 178 valence electrons. The van der Waals surface area contributed by atoms with Crippen molar-refractivity contribution in [2.75, 3.05) is 10.8 Å². The molecule has 0 heterocycles. The average molecular weight is 498 g/mol. The fourth-order valence-electron chi connectivity index (χ4n) is 3.20. The largest absolute Gasteiger partial charge is 0.271 e. The number of rotatable bonds is 8. The van der Waals surface area contributed by atoms with Crippen LogP contribution in [-0.2, 0) is 14.8 Å². The van der Waals surface area contributed by atoms with Crippen molar-refractivity contribution in [1.82, 2.24) is 5.43 Å². The monoisotopic (exact) mass is 497 g/mol. The van der Waals surface area contributed by atoms with Gasteiger partial charge in [0, 0.05) is 5.02 Å². The Morgan fingerprint density at radius 3 is 2.26 bits per heavy atom. The van der Waals surface area contributed by atoms with Crippen LogP contribution in [0.2, 0.25) is 5.02 Å². The molecule has 0 saturated carbocycles. The van der Waals surface area contributed by atoms with Gasteiger partial charge in [0.2, 0.25) is 0 Å². The molecule has 3 aromatic carbocycles. The molecule has 1 N–H and O–H groups in total. The van der Waals surface area contributed by atoms with E-state index in [4.69, 9.17) is 11.6 Å². The maximum Gasteiger partial charge on any atom is 0.264 e. The topological polar surface area (TPSA) is 78.8 Å². The normalized spacial score (nSPS) is 11.7. The molecule has 1 amide bonds. The van der Waals surface area contributed by atoms with Gasteiger partial charge in [-0.05, 0) is 60.7 Å². The molecule has 0 saturated heterocycles. The number of hydrogen-bond donors (Lipinski definition) is 1. The molecular formula is C26H28ClN3O3S. The molecule has 0 unspecified atom stereocenters. The van der Waals surface area contributed by atoms with Crippen LogP contribution < -0.4 is 9.73 Å². The second-order valence-electron chi connectivity index (χ2n) is 8.37. The van der Waals surface area contributed by atoms with E-state index in [-0.39, 0.29) is 4.90 Å². The number of amides is 1. The number of carbonyl (C=O) groups excluding carboxylic acids is 1. The second-order valence-corrected chi connectivity index (χ2v) is 10.6. The van der Waals surface area contributed by atoms with E-state index in [0.29, 0.717) is 16.6 Å². The van der Waals surface area contributed by atoms with Crippen molar-refractivity contribution in [2.45, 2.75) is 38.5 Å². The minimum atomic E-state index is -4.02. The van der Waals surface area contributed by atoms with E-state index >= 15 is 0 Å². The first kappa shape index (κ1) is 25.5. The summed E-state index contributed by atoms with van der Waals surface area (Å²) in [6.07, 6.45) is 1.52. The highest BCUT2D eigenvalue weighted by molar-refractivity contribution is 7.92. The van der Waals surface area contributed by atoms with Crippen LogP contribution in [0.15, 0.2) is 76.7 Å². The third-order valence-electron chi connectivity index (χ3n) is 5.35. The van der Waals surface area contributed by atoms with Crippen molar-refractivity contribution in [1.29, 1.82) is 0 Å². The average Bonchev–Trinajstić information content (AvgIpc) is 2.80. The Bertz CT molecular complexity index is 1290. The first-order valence-electron chi connectivity index (χ1n) is 10.9. The van der Waals surface area contributed by atoms with Gasteiger partial charge in [0.1, 0.15) is 6.54 Å². The Morgan fingerprint density at radius 2 is 1.68 bits per heavy atom. The fraction of sp³-hybridized carbons (Fsp3) is 0.231. The van der Waals surface area contributed by atoms with Crippen LogP contribution >= 0.6 is 11.6 Å². The lowest BCUT2D eigenvalue weighted by atomic mass is 10.0. The van der Waals surface area contributed by atoms with Crippen molar-refractivity contribution >= 4 is 39.4 Å². The lowest BCUT2D eigenvalue weighted by molar-refractivity contribution is -0.119. The number of benzene rings is 3. The standard InChI is InChI=1S/C26H28ClN3O3S/c1-18(2)22-10-8-21(9-11-22)16-28-29-26(31)17-30(23-12-7-20(4)25(27)15-23)34(32,33)24-13-5-19(3)6-14-24/h5-16,18H,17H2,1-4H3,(H,29,31)/b28-16-. The molecule has 6 nitrogen and oxygen atoms in total. The summed E-state index contributed by atoms with van der Waals surface area (Å²) in [5.74, 6) is -0.162. The minimum Gasteiger partial charge on any atom is -0.271 e. The lowest BCUT2D eigenvalue weighted by Gasteiger charge is -2.24. The van der Waals surface area contributed by atoms with Gasteiger partial charge in [-0.3, -0.25) is 9.10 Å². The van der Waals surface area contributed by atoms with Gasteiger partial charge in [0.05, 0.1) is 16.8 Å². The molecule has 0 aliphatic carbocycles. The number of anilines is 1. The summed E-state index contributed by atoms with van der Waals surface area (Å²) in [6, 6.07) is 19.2. The number of nitrogens with zero attached hydrogens (tertiary/aromatic N) is 2. The summed E-state index contributed by atoms with van der Waals surface area (Å²) in [5.41, 5.74) is 6.46. The van der Waals surface area contributed by atoms with Crippen LogP contribution in [0.5, 0.6) is 0 Å². The molecule has 3 aromatic rings. The summed E-state index contributed by atoms with van der Waals surface area (Å²) < 4.78 is 27.9. The van der Waals surface area contributed by atoms with E-state index in [1.807, 2.05) is 38.1 Å². The number of hydrazone groups is 1. The number of halogens is 1. The zero-order chi connectivity index (χ0) is 24.9. The van der Waals surface area contributed by atoms with Crippen LogP contribution in [0.1, 0.15) is 42.0 Å². The SMILES string of the molecule is Cc1ccc(S(=O)(=O)N(CC(=O)N/N=C\c2ccc(C(C)C)cc2)c2ccc(C)c(Cl)c2)cc1. The van der Waals surface area contributed by atoms with Gasteiger partial charge >= 0.3 is 0 Å². The number of hydrogen-bond acceptors (Lipinski definition) is 4. The van der Waals surface area contributed by atoms with Crippen LogP contribution in [0.25, 0.3) is 0 Å². The fourth-order valence-corrected chi connectivity index (χ4v) is 4.79. The van der Waals surface area contributed by atoms with Gasteiger partial charge in [0.25, 0.3) is 15.9 Å². The molecular weight excluding hydrogens is 470 g/mol. The smallest absolute Gasteiger partial charge is 0.264 e. The Kier molecular flexibility index (Phi) is 8.12. The highest BCUT2D eigenvalue weighted by Crippen LogP contribution is 2.28. The van der Waals surface area contributed by atoms with E-state index in [2.05, 4.69) is 24.4 Å². The highest BCUT2D eigenvalue weighted by Gasteiger charge is 2.27. The van der Waals surface area contributed by atoms with Crippen molar-refractivity contribution in [3.05, 3.63) is 94.0 Å². The molecule has 3 rings (SSSR count). The highest BCUT2D eigenvalue weighted by atomic mass is 35.5. The summed E-state index contributed by atoms with van der Waals surface area (Å²) in [5, 5.41) is 4.40.